The molecular weight excluding hydrogens is 372 g/mol. The molecule has 0 aromatic heterocycles. The van der Waals surface area contributed by atoms with Crippen LogP contribution in [0.2, 0.25) is 0 Å². The number of hydrogen-bond acceptors (Lipinski definition) is 5. The van der Waals surface area contributed by atoms with Crippen LogP contribution in [0.1, 0.15) is 24.2 Å². The summed E-state index contributed by atoms with van der Waals surface area (Å²) in [5.74, 6) is -1.42. The van der Waals surface area contributed by atoms with Gasteiger partial charge in [-0.15, -0.1) is 0 Å². The highest BCUT2D eigenvalue weighted by Crippen LogP contribution is 2.30. The van der Waals surface area contributed by atoms with Gasteiger partial charge in [0.05, 0.1) is 12.7 Å². The van der Waals surface area contributed by atoms with E-state index in [-0.39, 0.29) is 23.0 Å². The Balaban J connectivity index is 2.12. The van der Waals surface area contributed by atoms with Gasteiger partial charge < -0.3 is 19.1 Å². The van der Waals surface area contributed by atoms with Crippen molar-refractivity contribution in [3.05, 3.63) is 54.1 Å². The zero-order chi connectivity index (χ0) is 20.7. The number of halogens is 2. The van der Waals surface area contributed by atoms with Crippen LogP contribution < -0.4 is 14.4 Å². The number of rotatable bonds is 8. The van der Waals surface area contributed by atoms with Gasteiger partial charge in [0, 0.05) is 12.2 Å². The molecule has 0 heterocycles. The molecule has 0 aliphatic rings. The first-order valence-electron chi connectivity index (χ1n) is 8.57. The van der Waals surface area contributed by atoms with E-state index in [2.05, 4.69) is 4.74 Å². The number of anilines is 1. The predicted molar refractivity (Wildman–Crippen MR) is 99.0 cm³/mol. The maximum atomic E-state index is 12.7. The Bertz CT molecular complexity index is 813. The van der Waals surface area contributed by atoms with E-state index in [4.69, 9.17) is 9.47 Å². The standard InChI is InChI=1S/C20H21F2NO5/c1-4-23(15-8-6-5-7-9-15)18(24)13(2)27-19(25)14-10-11-16(28-20(21)22)17(12-14)26-3/h5-13,20H,4H2,1-3H3/t13-/m0/s1. The van der Waals surface area contributed by atoms with Crippen LogP contribution in [0.25, 0.3) is 0 Å². The topological polar surface area (TPSA) is 65.1 Å². The van der Waals surface area contributed by atoms with Crippen LogP contribution in [0, 0.1) is 0 Å². The summed E-state index contributed by atoms with van der Waals surface area (Å²) in [4.78, 5) is 26.5. The first-order valence-corrected chi connectivity index (χ1v) is 8.57. The first-order chi connectivity index (χ1) is 13.4. The van der Waals surface area contributed by atoms with Crippen molar-refractivity contribution in [2.75, 3.05) is 18.6 Å². The summed E-state index contributed by atoms with van der Waals surface area (Å²) in [7, 11) is 1.26. The lowest BCUT2D eigenvalue weighted by Gasteiger charge is -2.24. The number of esters is 1. The third kappa shape index (κ3) is 5.18. The van der Waals surface area contributed by atoms with Gasteiger partial charge in [-0.3, -0.25) is 4.79 Å². The van der Waals surface area contributed by atoms with Gasteiger partial charge in [0.25, 0.3) is 5.91 Å². The van der Waals surface area contributed by atoms with Crippen LogP contribution in [0.15, 0.2) is 48.5 Å². The van der Waals surface area contributed by atoms with Crippen molar-refractivity contribution >= 4 is 17.6 Å². The number of ether oxygens (including phenoxy) is 3. The van der Waals surface area contributed by atoms with Gasteiger partial charge in [-0.05, 0) is 44.2 Å². The van der Waals surface area contributed by atoms with Gasteiger partial charge in [-0.25, -0.2) is 4.79 Å². The second-order valence-electron chi connectivity index (χ2n) is 5.71. The van der Waals surface area contributed by atoms with Gasteiger partial charge in [0.15, 0.2) is 17.6 Å². The Labute approximate surface area is 161 Å². The van der Waals surface area contributed by atoms with Crippen molar-refractivity contribution in [1.82, 2.24) is 0 Å². The minimum absolute atomic E-state index is 0.0425. The molecule has 1 amide bonds. The highest BCUT2D eigenvalue weighted by molar-refractivity contribution is 5.99. The third-order valence-electron chi connectivity index (χ3n) is 3.90. The second kappa shape index (κ2) is 9.68. The number of hydrogen-bond donors (Lipinski definition) is 0. The highest BCUT2D eigenvalue weighted by atomic mass is 19.3. The Morgan fingerprint density at radius 2 is 1.75 bits per heavy atom. The molecule has 0 saturated heterocycles. The average molecular weight is 393 g/mol. The molecule has 0 N–H and O–H groups in total. The zero-order valence-corrected chi connectivity index (χ0v) is 15.7. The van der Waals surface area contributed by atoms with Crippen molar-refractivity contribution in [1.29, 1.82) is 0 Å². The molecule has 150 valence electrons. The predicted octanol–water partition coefficient (Wildman–Crippen LogP) is 3.90. The number of likely N-dealkylation sites (N-methyl/N-ethyl adjacent to an activating group) is 1. The summed E-state index contributed by atoms with van der Waals surface area (Å²) in [6.07, 6.45) is -1.05. The number of nitrogens with zero attached hydrogens (tertiary/aromatic N) is 1. The van der Waals surface area contributed by atoms with Crippen LogP contribution in [0.4, 0.5) is 14.5 Å². The van der Waals surface area contributed by atoms with Crippen LogP contribution in [-0.4, -0.2) is 38.2 Å². The van der Waals surface area contributed by atoms with E-state index in [0.29, 0.717) is 12.2 Å². The Morgan fingerprint density at radius 3 is 2.32 bits per heavy atom. The molecule has 2 rings (SSSR count). The molecule has 1 atom stereocenters. The molecule has 8 heteroatoms. The minimum Gasteiger partial charge on any atom is -0.493 e. The fourth-order valence-corrected chi connectivity index (χ4v) is 2.56. The molecule has 2 aromatic rings. The Hall–Kier alpha value is -3.16. The van der Waals surface area contributed by atoms with E-state index in [1.807, 2.05) is 13.0 Å². The summed E-state index contributed by atoms with van der Waals surface area (Å²) in [6.45, 7) is 0.657. The Morgan fingerprint density at radius 1 is 1.07 bits per heavy atom. The van der Waals surface area contributed by atoms with E-state index in [0.717, 1.165) is 0 Å². The molecule has 0 spiro atoms. The number of carbonyl (C=O) groups is 2. The molecular formula is C20H21F2NO5. The van der Waals surface area contributed by atoms with Crippen molar-refractivity contribution in [3.8, 4) is 11.5 Å². The van der Waals surface area contributed by atoms with Crippen LogP contribution in [-0.2, 0) is 9.53 Å². The van der Waals surface area contributed by atoms with Crippen LogP contribution >= 0.6 is 0 Å². The first kappa shape index (κ1) is 21.1. The highest BCUT2D eigenvalue weighted by Gasteiger charge is 2.25. The summed E-state index contributed by atoms with van der Waals surface area (Å²) in [6, 6.07) is 12.6. The zero-order valence-electron chi connectivity index (χ0n) is 15.7. The molecule has 0 fully saturated rings. The lowest BCUT2D eigenvalue weighted by molar-refractivity contribution is -0.126. The number of benzene rings is 2. The van der Waals surface area contributed by atoms with Gasteiger partial charge in [0.2, 0.25) is 0 Å². The molecule has 0 radical (unpaired) electrons. The number of para-hydroxylation sites is 1. The molecule has 0 saturated carbocycles. The molecule has 0 aliphatic heterocycles. The Kier molecular flexibility index (Phi) is 7.31. The maximum absolute atomic E-state index is 12.7. The smallest absolute Gasteiger partial charge is 0.387 e. The average Bonchev–Trinajstić information content (AvgIpc) is 2.69. The molecule has 0 unspecified atom stereocenters. The third-order valence-corrected chi connectivity index (χ3v) is 3.90. The van der Waals surface area contributed by atoms with Crippen molar-refractivity contribution in [2.45, 2.75) is 26.6 Å². The molecule has 0 bridgehead atoms. The minimum atomic E-state index is -3.03. The lowest BCUT2D eigenvalue weighted by Crippen LogP contribution is -2.40. The maximum Gasteiger partial charge on any atom is 0.387 e. The van der Waals surface area contributed by atoms with Crippen molar-refractivity contribution in [2.24, 2.45) is 0 Å². The monoisotopic (exact) mass is 393 g/mol. The molecule has 28 heavy (non-hydrogen) atoms. The summed E-state index contributed by atoms with van der Waals surface area (Å²) in [5, 5.41) is 0. The number of carbonyl (C=O) groups excluding carboxylic acids is 2. The molecule has 2 aromatic carbocycles. The summed E-state index contributed by atoms with van der Waals surface area (Å²) >= 11 is 0. The summed E-state index contributed by atoms with van der Waals surface area (Å²) < 4.78 is 39.3. The fourth-order valence-electron chi connectivity index (χ4n) is 2.56. The van der Waals surface area contributed by atoms with Gasteiger partial charge in [0.1, 0.15) is 0 Å². The largest absolute Gasteiger partial charge is 0.493 e. The van der Waals surface area contributed by atoms with E-state index < -0.39 is 18.7 Å². The van der Waals surface area contributed by atoms with Crippen molar-refractivity contribution < 1.29 is 32.6 Å². The van der Waals surface area contributed by atoms with Crippen LogP contribution in [0.3, 0.4) is 0 Å². The SMILES string of the molecule is CCN(C(=O)[C@H](C)OC(=O)c1ccc(OC(F)F)c(OC)c1)c1ccccc1. The van der Waals surface area contributed by atoms with Gasteiger partial charge >= 0.3 is 12.6 Å². The van der Waals surface area contributed by atoms with E-state index in [1.54, 1.807) is 24.3 Å². The number of amides is 1. The van der Waals surface area contributed by atoms with E-state index in [1.165, 1.54) is 37.1 Å². The van der Waals surface area contributed by atoms with Crippen LogP contribution in [0.5, 0.6) is 11.5 Å². The normalized spacial score (nSPS) is 11.6. The van der Waals surface area contributed by atoms with Gasteiger partial charge in [-0.2, -0.15) is 8.78 Å². The lowest BCUT2D eigenvalue weighted by atomic mass is 10.2. The summed E-state index contributed by atoms with van der Waals surface area (Å²) in [5.41, 5.74) is 0.731. The van der Waals surface area contributed by atoms with Gasteiger partial charge in [-0.1, -0.05) is 18.2 Å². The van der Waals surface area contributed by atoms with E-state index in [9.17, 15) is 18.4 Å². The van der Waals surface area contributed by atoms with Crippen molar-refractivity contribution in [3.63, 3.8) is 0 Å². The fraction of sp³-hybridized carbons (Fsp3) is 0.300. The molecule has 6 nitrogen and oxygen atoms in total. The molecule has 0 aliphatic carbocycles. The quantitative estimate of drug-likeness (QED) is 0.637. The number of methoxy groups -OCH3 is 1. The van der Waals surface area contributed by atoms with E-state index >= 15 is 0 Å². The second-order valence-corrected chi connectivity index (χ2v) is 5.71. The number of alkyl halides is 2.